The lowest BCUT2D eigenvalue weighted by Gasteiger charge is -2.11. The van der Waals surface area contributed by atoms with Crippen molar-refractivity contribution in [1.29, 1.82) is 0 Å². The van der Waals surface area contributed by atoms with Gasteiger partial charge in [0.1, 0.15) is 5.69 Å². The number of hydrogen-bond donors (Lipinski definition) is 3. The summed E-state index contributed by atoms with van der Waals surface area (Å²) in [5, 5.41) is 3.21. The van der Waals surface area contributed by atoms with Crippen LogP contribution >= 0.6 is 12.4 Å². The standard InChI is InChI=1S/C10H14N4O.ClH/c15-10(9-3-1-2-5-12-9)14-13-8-4-6-11-7-8;/h1-3,5,8,11,13H,4,6-7H2,(H,14,15);1H. The van der Waals surface area contributed by atoms with Gasteiger partial charge in [0.15, 0.2) is 0 Å². The molecule has 2 rings (SSSR count). The van der Waals surface area contributed by atoms with Crippen molar-refractivity contribution in [2.75, 3.05) is 13.1 Å². The summed E-state index contributed by atoms with van der Waals surface area (Å²) in [5.74, 6) is -0.192. The van der Waals surface area contributed by atoms with Crippen molar-refractivity contribution in [2.45, 2.75) is 12.5 Å². The lowest BCUT2D eigenvalue weighted by molar-refractivity contribution is 0.0921. The van der Waals surface area contributed by atoms with Gasteiger partial charge in [-0.3, -0.25) is 15.2 Å². The highest BCUT2D eigenvalue weighted by Gasteiger charge is 2.14. The number of hydrogen-bond acceptors (Lipinski definition) is 4. The molecular formula is C10H15ClN4O. The Morgan fingerprint density at radius 3 is 3.00 bits per heavy atom. The van der Waals surface area contributed by atoms with E-state index in [1.807, 2.05) is 0 Å². The zero-order chi connectivity index (χ0) is 10.5. The highest BCUT2D eigenvalue weighted by molar-refractivity contribution is 5.91. The first-order valence-corrected chi connectivity index (χ1v) is 5.04. The molecule has 1 saturated heterocycles. The number of amides is 1. The number of pyridine rings is 1. The van der Waals surface area contributed by atoms with E-state index in [9.17, 15) is 4.79 Å². The minimum Gasteiger partial charge on any atom is -0.315 e. The van der Waals surface area contributed by atoms with Gasteiger partial charge in [-0.1, -0.05) is 6.07 Å². The molecule has 0 bridgehead atoms. The lowest BCUT2D eigenvalue weighted by atomic mass is 10.3. The van der Waals surface area contributed by atoms with Crippen molar-refractivity contribution < 1.29 is 4.79 Å². The second-order valence-electron chi connectivity index (χ2n) is 3.50. The molecule has 0 saturated carbocycles. The second-order valence-corrected chi connectivity index (χ2v) is 3.50. The topological polar surface area (TPSA) is 66.1 Å². The molecule has 1 aromatic heterocycles. The van der Waals surface area contributed by atoms with Crippen LogP contribution in [0.4, 0.5) is 0 Å². The van der Waals surface area contributed by atoms with Crippen LogP contribution in [0.1, 0.15) is 16.9 Å². The molecule has 16 heavy (non-hydrogen) atoms. The summed E-state index contributed by atoms with van der Waals surface area (Å²) < 4.78 is 0. The van der Waals surface area contributed by atoms with Gasteiger partial charge in [0.05, 0.1) is 0 Å². The Morgan fingerprint density at radius 1 is 1.50 bits per heavy atom. The van der Waals surface area contributed by atoms with E-state index >= 15 is 0 Å². The van der Waals surface area contributed by atoms with Gasteiger partial charge in [-0.25, -0.2) is 5.43 Å². The van der Waals surface area contributed by atoms with Gasteiger partial charge in [0, 0.05) is 18.8 Å². The van der Waals surface area contributed by atoms with Crippen LogP contribution < -0.4 is 16.2 Å². The number of halogens is 1. The molecule has 5 nitrogen and oxygen atoms in total. The van der Waals surface area contributed by atoms with Gasteiger partial charge in [0.2, 0.25) is 0 Å². The maximum absolute atomic E-state index is 11.5. The Labute approximate surface area is 100 Å². The molecule has 0 spiro atoms. The normalized spacial score (nSPS) is 18.9. The summed E-state index contributed by atoms with van der Waals surface area (Å²) in [4.78, 5) is 15.5. The maximum atomic E-state index is 11.5. The fourth-order valence-corrected chi connectivity index (χ4v) is 1.51. The fraction of sp³-hybridized carbons (Fsp3) is 0.400. The van der Waals surface area contributed by atoms with Crippen LogP contribution in [0.25, 0.3) is 0 Å². The van der Waals surface area contributed by atoms with Crippen LogP contribution in [-0.4, -0.2) is 30.0 Å². The Kier molecular flexibility index (Phi) is 5.18. The van der Waals surface area contributed by atoms with Crippen LogP contribution in [0.15, 0.2) is 24.4 Å². The number of hydrazine groups is 1. The third-order valence-corrected chi connectivity index (χ3v) is 2.35. The smallest absolute Gasteiger partial charge is 0.283 e. The number of carbonyl (C=O) groups excluding carboxylic acids is 1. The number of carbonyl (C=O) groups is 1. The molecular weight excluding hydrogens is 228 g/mol. The minimum atomic E-state index is -0.192. The summed E-state index contributed by atoms with van der Waals surface area (Å²) in [5.41, 5.74) is 6.05. The monoisotopic (exact) mass is 242 g/mol. The molecule has 88 valence electrons. The van der Waals surface area contributed by atoms with E-state index in [1.54, 1.807) is 24.4 Å². The lowest BCUT2D eigenvalue weighted by Crippen LogP contribution is -2.45. The Bertz CT molecular complexity index is 327. The highest BCUT2D eigenvalue weighted by atomic mass is 35.5. The molecule has 3 N–H and O–H groups in total. The highest BCUT2D eigenvalue weighted by Crippen LogP contribution is 1.96. The molecule has 0 aromatic carbocycles. The van der Waals surface area contributed by atoms with E-state index in [4.69, 9.17) is 0 Å². The van der Waals surface area contributed by atoms with Gasteiger partial charge < -0.3 is 5.32 Å². The van der Waals surface area contributed by atoms with Gasteiger partial charge in [-0.15, -0.1) is 12.4 Å². The van der Waals surface area contributed by atoms with Crippen molar-refractivity contribution in [3.05, 3.63) is 30.1 Å². The SMILES string of the molecule is Cl.O=C(NNC1CCNC1)c1ccccn1. The number of rotatable bonds is 3. The van der Waals surface area contributed by atoms with Crippen molar-refractivity contribution in [3.8, 4) is 0 Å². The molecule has 1 aromatic rings. The predicted octanol–water partition coefficient (Wildman–Crippen LogP) is 0.0997. The summed E-state index contributed by atoms with van der Waals surface area (Å²) in [7, 11) is 0. The van der Waals surface area contributed by atoms with Crippen LogP contribution in [0.3, 0.4) is 0 Å². The minimum absolute atomic E-state index is 0. The van der Waals surface area contributed by atoms with Gasteiger partial charge in [-0.2, -0.15) is 0 Å². The zero-order valence-corrected chi connectivity index (χ0v) is 9.59. The fourth-order valence-electron chi connectivity index (χ4n) is 1.51. The molecule has 2 heterocycles. The molecule has 1 fully saturated rings. The molecule has 1 aliphatic heterocycles. The third kappa shape index (κ3) is 3.44. The van der Waals surface area contributed by atoms with E-state index in [-0.39, 0.29) is 18.3 Å². The largest absolute Gasteiger partial charge is 0.315 e. The maximum Gasteiger partial charge on any atom is 0.283 e. The average molecular weight is 243 g/mol. The van der Waals surface area contributed by atoms with Crippen LogP contribution in [0, 0.1) is 0 Å². The summed E-state index contributed by atoms with van der Waals surface area (Å²) >= 11 is 0. The number of nitrogens with zero attached hydrogens (tertiary/aromatic N) is 1. The van der Waals surface area contributed by atoms with Crippen LogP contribution in [-0.2, 0) is 0 Å². The van der Waals surface area contributed by atoms with Gasteiger partial charge in [0.25, 0.3) is 5.91 Å². The Balaban J connectivity index is 0.00000128. The summed E-state index contributed by atoms with van der Waals surface area (Å²) in [6.07, 6.45) is 2.63. The predicted molar refractivity (Wildman–Crippen MR) is 63.4 cm³/mol. The first-order chi connectivity index (χ1) is 7.36. The Morgan fingerprint density at radius 2 is 2.38 bits per heavy atom. The third-order valence-electron chi connectivity index (χ3n) is 2.35. The van der Waals surface area contributed by atoms with E-state index < -0.39 is 0 Å². The van der Waals surface area contributed by atoms with E-state index in [2.05, 4.69) is 21.2 Å². The zero-order valence-electron chi connectivity index (χ0n) is 8.77. The second kappa shape index (κ2) is 6.42. The molecule has 1 aliphatic rings. The van der Waals surface area contributed by atoms with Gasteiger partial charge >= 0.3 is 0 Å². The van der Waals surface area contributed by atoms with E-state index in [0.717, 1.165) is 19.5 Å². The first kappa shape index (κ1) is 12.9. The van der Waals surface area contributed by atoms with E-state index in [1.165, 1.54) is 0 Å². The number of aromatic nitrogens is 1. The van der Waals surface area contributed by atoms with Crippen molar-refractivity contribution in [3.63, 3.8) is 0 Å². The van der Waals surface area contributed by atoms with Gasteiger partial charge in [-0.05, 0) is 25.1 Å². The quantitative estimate of drug-likeness (QED) is 0.658. The van der Waals surface area contributed by atoms with Crippen molar-refractivity contribution in [2.24, 2.45) is 0 Å². The summed E-state index contributed by atoms with van der Waals surface area (Å²) in [6, 6.07) is 5.58. The molecule has 0 aliphatic carbocycles. The van der Waals surface area contributed by atoms with Crippen LogP contribution in [0.2, 0.25) is 0 Å². The van der Waals surface area contributed by atoms with E-state index in [0.29, 0.717) is 11.7 Å². The average Bonchev–Trinajstić information content (AvgIpc) is 2.80. The molecule has 6 heteroatoms. The summed E-state index contributed by atoms with van der Waals surface area (Å²) in [6.45, 7) is 1.89. The van der Waals surface area contributed by atoms with Crippen molar-refractivity contribution >= 4 is 18.3 Å². The van der Waals surface area contributed by atoms with Crippen molar-refractivity contribution in [1.82, 2.24) is 21.2 Å². The number of nitrogens with one attached hydrogen (secondary N) is 3. The first-order valence-electron chi connectivity index (χ1n) is 5.04. The Hall–Kier alpha value is -1.17. The molecule has 1 atom stereocenters. The van der Waals surface area contributed by atoms with Crippen LogP contribution in [0.5, 0.6) is 0 Å². The molecule has 1 amide bonds. The molecule has 0 radical (unpaired) electrons. The molecule has 1 unspecified atom stereocenters.